The highest BCUT2D eigenvalue weighted by atomic mass is 35.5. The minimum Gasteiger partial charge on any atom is -0.454 e. The molecule has 0 bridgehead atoms. The Hall–Kier alpha value is -2.13. The van der Waals surface area contributed by atoms with Crippen molar-refractivity contribution < 1.29 is 22.7 Å². The number of primary sulfonamides is 1. The van der Waals surface area contributed by atoms with E-state index in [1.807, 2.05) is 4.90 Å². The Morgan fingerprint density at radius 1 is 1.21 bits per heavy atom. The summed E-state index contributed by atoms with van der Waals surface area (Å²) in [5.41, 5.74) is 1.37. The molecule has 28 heavy (non-hydrogen) atoms. The molecule has 3 rings (SSSR count). The number of rotatable bonds is 5. The van der Waals surface area contributed by atoms with E-state index in [0.29, 0.717) is 42.6 Å². The van der Waals surface area contributed by atoms with Crippen molar-refractivity contribution >= 4 is 33.3 Å². The van der Waals surface area contributed by atoms with E-state index in [4.69, 9.17) is 26.2 Å². The fourth-order valence-electron chi connectivity index (χ4n) is 3.03. The van der Waals surface area contributed by atoms with Gasteiger partial charge in [0.25, 0.3) is 0 Å². The molecule has 0 saturated carbocycles. The topological polar surface area (TPSA) is 98.9 Å². The summed E-state index contributed by atoms with van der Waals surface area (Å²) in [6.07, 6.45) is -0.614. The number of nitrogens with two attached hydrogens (primary N) is 1. The highest BCUT2D eigenvalue weighted by Gasteiger charge is 2.24. The zero-order valence-corrected chi connectivity index (χ0v) is 16.9. The van der Waals surface area contributed by atoms with Crippen LogP contribution in [0.4, 0.5) is 5.69 Å². The molecule has 1 saturated heterocycles. The number of halogens is 1. The maximum absolute atomic E-state index is 12.9. The molecule has 7 nitrogen and oxygen atoms in total. The van der Waals surface area contributed by atoms with Crippen molar-refractivity contribution in [1.82, 2.24) is 0 Å². The van der Waals surface area contributed by atoms with Gasteiger partial charge < -0.3 is 14.4 Å². The van der Waals surface area contributed by atoms with Crippen molar-refractivity contribution in [3.8, 4) is 0 Å². The standard InChI is InChI=1S/C19H21ClN2O5S/c1-13(15-4-2-3-5-17(15)20)27-19(23)16-12-14(28(21,24)25)6-7-18(16)22-8-10-26-11-9-22/h2-7,12-13H,8-11H2,1H3,(H2,21,24,25). The number of nitrogens with zero attached hydrogens (tertiary/aromatic N) is 1. The van der Waals surface area contributed by atoms with Crippen molar-refractivity contribution in [2.24, 2.45) is 5.14 Å². The van der Waals surface area contributed by atoms with E-state index >= 15 is 0 Å². The molecule has 0 spiro atoms. The third-order valence-corrected chi connectivity index (χ3v) is 5.75. The number of morpholine rings is 1. The summed E-state index contributed by atoms with van der Waals surface area (Å²) in [5, 5.41) is 5.72. The smallest absolute Gasteiger partial charge is 0.340 e. The van der Waals surface area contributed by atoms with Gasteiger partial charge in [-0.15, -0.1) is 0 Å². The molecular weight excluding hydrogens is 404 g/mol. The Kier molecular flexibility index (Phi) is 6.24. The summed E-state index contributed by atoms with van der Waals surface area (Å²) in [7, 11) is -3.97. The van der Waals surface area contributed by atoms with Crippen molar-refractivity contribution in [3.05, 3.63) is 58.6 Å². The first kappa shape index (κ1) is 20.6. The molecule has 150 valence electrons. The lowest BCUT2D eigenvalue weighted by atomic mass is 10.1. The molecule has 1 aliphatic heterocycles. The first-order valence-corrected chi connectivity index (χ1v) is 10.6. The predicted octanol–water partition coefficient (Wildman–Crippen LogP) is 2.74. The summed E-state index contributed by atoms with van der Waals surface area (Å²) in [6.45, 7) is 3.89. The van der Waals surface area contributed by atoms with Crippen molar-refractivity contribution in [1.29, 1.82) is 0 Å². The van der Waals surface area contributed by atoms with Crippen LogP contribution in [0.25, 0.3) is 0 Å². The van der Waals surface area contributed by atoms with Gasteiger partial charge in [-0.05, 0) is 31.2 Å². The first-order valence-electron chi connectivity index (χ1n) is 8.72. The lowest BCUT2D eigenvalue weighted by Crippen LogP contribution is -2.37. The van der Waals surface area contributed by atoms with Crippen LogP contribution in [0.3, 0.4) is 0 Å². The second-order valence-corrected chi connectivity index (χ2v) is 8.36. The van der Waals surface area contributed by atoms with E-state index in [9.17, 15) is 13.2 Å². The van der Waals surface area contributed by atoms with Crippen LogP contribution in [-0.2, 0) is 19.5 Å². The molecule has 0 aromatic heterocycles. The van der Waals surface area contributed by atoms with E-state index in [-0.39, 0.29) is 10.5 Å². The molecule has 1 fully saturated rings. The number of hydrogen-bond donors (Lipinski definition) is 1. The van der Waals surface area contributed by atoms with Crippen molar-refractivity contribution in [2.45, 2.75) is 17.9 Å². The molecule has 2 aromatic rings. The number of anilines is 1. The monoisotopic (exact) mass is 424 g/mol. The number of hydrogen-bond acceptors (Lipinski definition) is 6. The highest BCUT2D eigenvalue weighted by Crippen LogP contribution is 2.29. The molecule has 1 atom stereocenters. The van der Waals surface area contributed by atoms with Crippen LogP contribution in [0.15, 0.2) is 47.4 Å². The van der Waals surface area contributed by atoms with Gasteiger partial charge in [-0.25, -0.2) is 18.4 Å². The van der Waals surface area contributed by atoms with Gasteiger partial charge in [-0.1, -0.05) is 29.8 Å². The quantitative estimate of drug-likeness (QED) is 0.741. The highest BCUT2D eigenvalue weighted by molar-refractivity contribution is 7.89. The number of benzene rings is 2. The van der Waals surface area contributed by atoms with Gasteiger partial charge in [0.2, 0.25) is 10.0 Å². The van der Waals surface area contributed by atoms with Crippen LogP contribution < -0.4 is 10.0 Å². The Morgan fingerprint density at radius 3 is 2.54 bits per heavy atom. The van der Waals surface area contributed by atoms with Gasteiger partial charge in [0.05, 0.1) is 29.4 Å². The average Bonchev–Trinajstić information content (AvgIpc) is 2.67. The number of carbonyl (C=O) groups excluding carboxylic acids is 1. The minimum absolute atomic E-state index is 0.132. The van der Waals surface area contributed by atoms with Gasteiger partial charge in [0.1, 0.15) is 6.10 Å². The maximum Gasteiger partial charge on any atom is 0.340 e. The molecule has 1 unspecified atom stereocenters. The van der Waals surface area contributed by atoms with Crippen molar-refractivity contribution in [3.63, 3.8) is 0 Å². The van der Waals surface area contributed by atoms with Crippen LogP contribution >= 0.6 is 11.6 Å². The van der Waals surface area contributed by atoms with Crippen LogP contribution in [0.2, 0.25) is 5.02 Å². The van der Waals surface area contributed by atoms with E-state index in [0.717, 1.165) is 0 Å². The SMILES string of the molecule is CC(OC(=O)c1cc(S(N)(=O)=O)ccc1N1CCOCC1)c1ccccc1Cl. The van der Waals surface area contributed by atoms with Gasteiger partial charge in [-0.2, -0.15) is 0 Å². The normalized spacial score (nSPS) is 15.9. The maximum atomic E-state index is 12.9. The summed E-state index contributed by atoms with van der Waals surface area (Å²) >= 11 is 6.18. The third kappa shape index (κ3) is 4.64. The fourth-order valence-corrected chi connectivity index (χ4v) is 3.86. The average molecular weight is 425 g/mol. The third-order valence-electron chi connectivity index (χ3n) is 4.50. The number of ether oxygens (including phenoxy) is 2. The molecule has 0 amide bonds. The van der Waals surface area contributed by atoms with Gasteiger partial charge in [0.15, 0.2) is 0 Å². The first-order chi connectivity index (χ1) is 13.3. The predicted molar refractivity (Wildman–Crippen MR) is 106 cm³/mol. The minimum atomic E-state index is -3.97. The number of sulfonamides is 1. The Bertz CT molecular complexity index is 974. The second kappa shape index (κ2) is 8.48. The van der Waals surface area contributed by atoms with E-state index in [1.165, 1.54) is 12.1 Å². The van der Waals surface area contributed by atoms with Crippen LogP contribution in [0, 0.1) is 0 Å². The molecule has 1 heterocycles. The molecule has 9 heteroatoms. The molecule has 2 aromatic carbocycles. The lowest BCUT2D eigenvalue weighted by molar-refractivity contribution is 0.0338. The van der Waals surface area contributed by atoms with E-state index in [2.05, 4.69) is 0 Å². The summed E-state index contributed by atoms with van der Waals surface area (Å²) in [5.74, 6) is -0.653. The zero-order valence-electron chi connectivity index (χ0n) is 15.3. The molecule has 0 radical (unpaired) electrons. The summed E-state index contributed by atoms with van der Waals surface area (Å²) in [6, 6.07) is 11.3. The Labute approximate surface area is 169 Å². The van der Waals surface area contributed by atoms with Crippen LogP contribution in [-0.4, -0.2) is 40.7 Å². The van der Waals surface area contributed by atoms with Crippen molar-refractivity contribution in [2.75, 3.05) is 31.2 Å². The number of carbonyl (C=O) groups is 1. The molecule has 2 N–H and O–H groups in total. The Balaban J connectivity index is 1.95. The van der Waals surface area contributed by atoms with E-state index < -0.39 is 22.1 Å². The summed E-state index contributed by atoms with van der Waals surface area (Å²) in [4.78, 5) is 14.7. The van der Waals surface area contributed by atoms with Crippen LogP contribution in [0.5, 0.6) is 0 Å². The molecular formula is C19H21ClN2O5S. The molecule has 1 aliphatic rings. The lowest BCUT2D eigenvalue weighted by Gasteiger charge is -2.30. The zero-order chi connectivity index (χ0) is 20.3. The Morgan fingerprint density at radius 2 is 1.89 bits per heavy atom. The summed E-state index contributed by atoms with van der Waals surface area (Å²) < 4.78 is 34.4. The number of esters is 1. The van der Waals surface area contributed by atoms with E-state index in [1.54, 1.807) is 37.3 Å². The van der Waals surface area contributed by atoms with Crippen LogP contribution in [0.1, 0.15) is 28.9 Å². The van der Waals surface area contributed by atoms with Gasteiger partial charge in [-0.3, -0.25) is 0 Å². The second-order valence-electron chi connectivity index (χ2n) is 6.39. The van der Waals surface area contributed by atoms with Gasteiger partial charge in [0, 0.05) is 23.7 Å². The largest absolute Gasteiger partial charge is 0.454 e. The molecule has 0 aliphatic carbocycles. The fraction of sp³-hybridized carbons (Fsp3) is 0.316. The van der Waals surface area contributed by atoms with Gasteiger partial charge >= 0.3 is 5.97 Å².